The highest BCUT2D eigenvalue weighted by atomic mass is 32.2. The van der Waals surface area contributed by atoms with E-state index in [0.717, 1.165) is 50.0 Å². The predicted molar refractivity (Wildman–Crippen MR) is 81.0 cm³/mol. The lowest BCUT2D eigenvalue weighted by molar-refractivity contribution is -0.00809. The van der Waals surface area contributed by atoms with Gasteiger partial charge in [-0.3, -0.25) is 0 Å². The van der Waals surface area contributed by atoms with E-state index in [1.807, 2.05) is 0 Å². The Morgan fingerprint density at radius 2 is 1.55 bits per heavy atom. The number of sulfonamides is 1. The topological polar surface area (TPSA) is 58.2 Å². The van der Waals surface area contributed by atoms with Crippen LogP contribution in [0, 0.1) is 17.8 Å². The summed E-state index contributed by atoms with van der Waals surface area (Å²) < 4.78 is 27.8. The summed E-state index contributed by atoms with van der Waals surface area (Å²) in [4.78, 5) is 0. The molecular formula is C15H28N2O2S. The minimum absolute atomic E-state index is 0.0850. The molecule has 0 aromatic carbocycles. The molecule has 0 aromatic rings. The van der Waals surface area contributed by atoms with Crippen molar-refractivity contribution in [2.45, 2.75) is 57.4 Å². The lowest BCUT2D eigenvalue weighted by atomic mass is 9.53. The van der Waals surface area contributed by atoms with E-state index in [-0.39, 0.29) is 11.3 Å². The van der Waals surface area contributed by atoms with E-state index in [1.54, 1.807) is 0 Å². The van der Waals surface area contributed by atoms with E-state index in [4.69, 9.17) is 0 Å². The van der Waals surface area contributed by atoms with Gasteiger partial charge in [0, 0.05) is 12.1 Å². The van der Waals surface area contributed by atoms with Gasteiger partial charge >= 0.3 is 0 Å². The molecule has 0 spiro atoms. The summed E-state index contributed by atoms with van der Waals surface area (Å²) in [5.74, 6) is 2.56. The second-order valence-corrected chi connectivity index (χ2v) is 9.21. The van der Waals surface area contributed by atoms with Crippen LogP contribution in [-0.2, 0) is 10.0 Å². The Kier molecular flexibility index (Phi) is 4.13. The Hall–Kier alpha value is -0.130. The van der Waals surface area contributed by atoms with Gasteiger partial charge in [0.2, 0.25) is 10.0 Å². The number of nitrogens with one attached hydrogen (secondary N) is 2. The van der Waals surface area contributed by atoms with E-state index in [9.17, 15) is 8.42 Å². The maximum absolute atomic E-state index is 12.3. The van der Waals surface area contributed by atoms with Crippen LogP contribution < -0.4 is 10.0 Å². The zero-order valence-corrected chi connectivity index (χ0v) is 13.3. The third kappa shape index (κ3) is 3.20. The maximum Gasteiger partial charge on any atom is 0.213 e. The predicted octanol–water partition coefficient (Wildman–Crippen LogP) is 1.87. The first-order valence-corrected chi connectivity index (χ1v) is 9.88. The molecule has 5 heteroatoms. The van der Waals surface area contributed by atoms with Crippen LogP contribution in [0.4, 0.5) is 0 Å². The fourth-order valence-corrected chi connectivity index (χ4v) is 6.55. The second-order valence-electron chi connectivity index (χ2n) is 7.37. The summed E-state index contributed by atoms with van der Waals surface area (Å²) in [5.41, 5.74) is -0.0850. The molecule has 4 rings (SSSR count). The first-order valence-electron chi connectivity index (χ1n) is 8.23. The van der Waals surface area contributed by atoms with Crippen molar-refractivity contribution in [3.63, 3.8) is 0 Å². The quantitative estimate of drug-likeness (QED) is 0.706. The van der Waals surface area contributed by atoms with Crippen molar-refractivity contribution in [3.8, 4) is 0 Å². The van der Waals surface area contributed by atoms with Crippen LogP contribution in [0.2, 0.25) is 0 Å². The Morgan fingerprint density at radius 3 is 2.05 bits per heavy atom. The molecule has 0 amide bonds. The third-order valence-corrected chi connectivity index (χ3v) is 6.87. The van der Waals surface area contributed by atoms with E-state index in [0.29, 0.717) is 6.54 Å². The van der Waals surface area contributed by atoms with E-state index in [1.165, 1.54) is 19.3 Å². The van der Waals surface area contributed by atoms with Crippen LogP contribution in [0.1, 0.15) is 51.9 Å². The molecule has 4 nitrogen and oxygen atoms in total. The first kappa shape index (κ1) is 14.8. The molecule has 0 heterocycles. The van der Waals surface area contributed by atoms with Crippen LogP contribution in [0.25, 0.3) is 0 Å². The monoisotopic (exact) mass is 300 g/mol. The van der Waals surface area contributed by atoms with Crippen molar-refractivity contribution in [1.29, 1.82) is 0 Å². The lowest BCUT2D eigenvalue weighted by Crippen LogP contribution is -2.60. The SMILES string of the molecule is CCCNCCS(=O)(=O)NC12CC3CC(CC(C3)C1)C2. The molecule has 20 heavy (non-hydrogen) atoms. The molecule has 0 unspecified atom stereocenters. The highest BCUT2D eigenvalue weighted by molar-refractivity contribution is 7.89. The summed E-state index contributed by atoms with van der Waals surface area (Å²) in [7, 11) is -3.14. The van der Waals surface area contributed by atoms with Gasteiger partial charge in [-0.15, -0.1) is 0 Å². The Morgan fingerprint density at radius 1 is 1.00 bits per heavy atom. The fraction of sp³-hybridized carbons (Fsp3) is 1.00. The molecule has 0 aliphatic heterocycles. The Balaban J connectivity index is 1.59. The molecule has 4 bridgehead atoms. The van der Waals surface area contributed by atoms with Crippen LogP contribution in [0.3, 0.4) is 0 Å². The molecule has 0 radical (unpaired) electrons. The van der Waals surface area contributed by atoms with Crippen LogP contribution in [0.15, 0.2) is 0 Å². The largest absolute Gasteiger partial charge is 0.316 e. The summed E-state index contributed by atoms with van der Waals surface area (Å²) in [6.07, 6.45) is 8.33. The average molecular weight is 300 g/mol. The number of hydrogen-bond donors (Lipinski definition) is 2. The van der Waals surface area contributed by atoms with Crippen molar-refractivity contribution >= 4 is 10.0 Å². The molecular weight excluding hydrogens is 272 g/mol. The van der Waals surface area contributed by atoms with E-state index < -0.39 is 10.0 Å². The van der Waals surface area contributed by atoms with Crippen LogP contribution in [-0.4, -0.2) is 32.8 Å². The minimum atomic E-state index is -3.14. The second kappa shape index (κ2) is 5.58. The Labute approximate surface area is 123 Å². The van der Waals surface area contributed by atoms with E-state index >= 15 is 0 Å². The molecule has 116 valence electrons. The highest BCUT2D eigenvalue weighted by Crippen LogP contribution is 2.55. The molecule has 0 saturated heterocycles. The van der Waals surface area contributed by atoms with E-state index in [2.05, 4.69) is 17.0 Å². The van der Waals surface area contributed by atoms with Crippen molar-refractivity contribution < 1.29 is 8.42 Å². The van der Waals surface area contributed by atoms with Gasteiger partial charge in [-0.25, -0.2) is 13.1 Å². The summed E-state index contributed by atoms with van der Waals surface area (Å²) in [6, 6.07) is 0. The minimum Gasteiger partial charge on any atom is -0.316 e. The summed E-state index contributed by atoms with van der Waals surface area (Å²) in [5, 5.41) is 3.18. The standard InChI is InChI=1S/C15H28N2O2S/c1-2-3-16-4-5-20(18,19)17-15-9-12-6-13(10-15)8-14(7-12)11-15/h12-14,16-17H,2-11H2,1H3. The van der Waals surface area contributed by atoms with Crippen molar-refractivity contribution in [1.82, 2.24) is 10.0 Å². The zero-order chi connectivity index (χ0) is 14.2. The van der Waals surface area contributed by atoms with Gasteiger partial charge in [-0.2, -0.15) is 0 Å². The van der Waals surface area contributed by atoms with Crippen LogP contribution in [0.5, 0.6) is 0 Å². The lowest BCUT2D eigenvalue weighted by Gasteiger charge is -2.56. The van der Waals surface area contributed by atoms with Gasteiger partial charge in [0.05, 0.1) is 5.75 Å². The van der Waals surface area contributed by atoms with Gasteiger partial charge in [0.25, 0.3) is 0 Å². The zero-order valence-electron chi connectivity index (χ0n) is 12.5. The third-order valence-electron chi connectivity index (χ3n) is 5.38. The normalized spacial score (nSPS) is 39.4. The smallest absolute Gasteiger partial charge is 0.213 e. The fourth-order valence-electron chi connectivity index (χ4n) is 5.12. The van der Waals surface area contributed by atoms with Gasteiger partial charge in [0.1, 0.15) is 0 Å². The molecule has 4 fully saturated rings. The van der Waals surface area contributed by atoms with Gasteiger partial charge in [0.15, 0.2) is 0 Å². The summed E-state index contributed by atoms with van der Waals surface area (Å²) in [6.45, 7) is 3.55. The Bertz CT molecular complexity index is 412. The molecule has 2 N–H and O–H groups in total. The molecule has 4 aliphatic carbocycles. The number of rotatable bonds is 7. The van der Waals surface area contributed by atoms with Crippen molar-refractivity contribution in [3.05, 3.63) is 0 Å². The summed E-state index contributed by atoms with van der Waals surface area (Å²) >= 11 is 0. The van der Waals surface area contributed by atoms with Crippen LogP contribution >= 0.6 is 0 Å². The first-order chi connectivity index (χ1) is 9.50. The van der Waals surface area contributed by atoms with Crippen molar-refractivity contribution in [2.24, 2.45) is 17.8 Å². The molecule has 4 aliphatic rings. The van der Waals surface area contributed by atoms with Gasteiger partial charge < -0.3 is 5.32 Å². The van der Waals surface area contributed by atoms with Gasteiger partial charge in [-0.05, 0) is 69.2 Å². The average Bonchev–Trinajstić information content (AvgIpc) is 2.31. The maximum atomic E-state index is 12.3. The van der Waals surface area contributed by atoms with Gasteiger partial charge in [-0.1, -0.05) is 6.92 Å². The molecule has 0 aromatic heterocycles. The molecule has 4 saturated carbocycles. The number of hydrogen-bond acceptors (Lipinski definition) is 3. The molecule has 0 atom stereocenters. The highest BCUT2D eigenvalue weighted by Gasteiger charge is 2.52. The van der Waals surface area contributed by atoms with Crippen molar-refractivity contribution in [2.75, 3.05) is 18.8 Å².